The molecule has 4 nitrogen and oxygen atoms in total. The highest BCUT2D eigenvalue weighted by atomic mass is 19.1. The van der Waals surface area contributed by atoms with Gasteiger partial charge in [-0.25, -0.2) is 4.39 Å². The Morgan fingerprint density at radius 1 is 0.929 bits per heavy atom. The minimum absolute atomic E-state index is 0.0398. The van der Waals surface area contributed by atoms with Crippen molar-refractivity contribution >= 4 is 5.97 Å². The first kappa shape index (κ1) is 19.6. The van der Waals surface area contributed by atoms with Gasteiger partial charge in [-0.15, -0.1) is 0 Å². The Hall–Kier alpha value is -3.18. The smallest absolute Gasteiger partial charge is 0.303 e. The molecule has 0 aliphatic carbocycles. The Labute approximate surface area is 162 Å². The van der Waals surface area contributed by atoms with Crippen LogP contribution in [0.25, 0.3) is 11.1 Å². The zero-order valence-electron chi connectivity index (χ0n) is 15.3. The van der Waals surface area contributed by atoms with E-state index in [4.69, 9.17) is 9.84 Å². The standard InChI is InChI=1S/C23H21FO4/c24-22-3-1-2-20(18-9-4-17(14-25)5-10-18)21(22)15-28-19-11-6-16(7-12-19)8-13-23(26)27/h1-7,9-12,25H,8,13-15H2,(H,26,27). The number of carboxylic acid groups (broad SMARTS) is 1. The van der Waals surface area contributed by atoms with Crippen LogP contribution in [0.15, 0.2) is 66.7 Å². The van der Waals surface area contributed by atoms with Crippen molar-refractivity contribution in [1.82, 2.24) is 0 Å². The van der Waals surface area contributed by atoms with Gasteiger partial charge in [0.25, 0.3) is 0 Å². The molecule has 3 aromatic carbocycles. The molecular weight excluding hydrogens is 359 g/mol. The molecule has 0 spiro atoms. The molecule has 0 aliphatic heterocycles. The lowest BCUT2D eigenvalue weighted by atomic mass is 9.98. The van der Waals surface area contributed by atoms with Gasteiger partial charge in [-0.2, -0.15) is 0 Å². The maximum atomic E-state index is 14.4. The number of aliphatic hydroxyl groups excluding tert-OH is 1. The van der Waals surface area contributed by atoms with E-state index in [1.807, 2.05) is 30.3 Å². The van der Waals surface area contributed by atoms with E-state index < -0.39 is 5.97 Å². The normalized spacial score (nSPS) is 10.6. The molecule has 2 N–H and O–H groups in total. The second-order valence-electron chi connectivity index (χ2n) is 6.45. The first-order chi connectivity index (χ1) is 13.6. The fourth-order valence-electron chi connectivity index (χ4n) is 2.92. The second-order valence-corrected chi connectivity index (χ2v) is 6.45. The lowest BCUT2D eigenvalue weighted by molar-refractivity contribution is -0.136. The number of aliphatic hydroxyl groups is 1. The summed E-state index contributed by atoms with van der Waals surface area (Å²) in [4.78, 5) is 10.6. The average molecular weight is 380 g/mol. The highest BCUT2D eigenvalue weighted by molar-refractivity contribution is 5.68. The van der Waals surface area contributed by atoms with E-state index in [-0.39, 0.29) is 25.5 Å². The van der Waals surface area contributed by atoms with E-state index in [1.54, 1.807) is 30.3 Å². The van der Waals surface area contributed by atoms with Gasteiger partial charge in [0.1, 0.15) is 18.2 Å². The fraction of sp³-hybridized carbons (Fsp3) is 0.174. The zero-order chi connectivity index (χ0) is 19.9. The minimum Gasteiger partial charge on any atom is -0.489 e. The summed E-state index contributed by atoms with van der Waals surface area (Å²) in [5, 5.41) is 17.9. The molecule has 0 fully saturated rings. The molecule has 144 valence electrons. The van der Waals surface area contributed by atoms with Crippen LogP contribution in [0, 0.1) is 5.82 Å². The summed E-state index contributed by atoms with van der Waals surface area (Å²) in [6.45, 7) is 0.0279. The molecule has 0 amide bonds. The van der Waals surface area contributed by atoms with Crippen LogP contribution in [0.5, 0.6) is 5.75 Å². The molecule has 0 atom stereocenters. The van der Waals surface area contributed by atoms with Crippen molar-refractivity contribution in [1.29, 1.82) is 0 Å². The monoisotopic (exact) mass is 380 g/mol. The molecule has 0 bridgehead atoms. The van der Waals surface area contributed by atoms with Gasteiger partial charge >= 0.3 is 5.97 Å². The highest BCUT2D eigenvalue weighted by Crippen LogP contribution is 2.27. The van der Waals surface area contributed by atoms with E-state index in [0.29, 0.717) is 17.7 Å². The van der Waals surface area contributed by atoms with Crippen LogP contribution in [0.2, 0.25) is 0 Å². The Bertz CT molecular complexity index is 934. The molecule has 0 aromatic heterocycles. The van der Waals surface area contributed by atoms with Gasteiger partial charge in [-0.1, -0.05) is 48.5 Å². The number of aliphatic carboxylic acids is 1. The average Bonchev–Trinajstić information content (AvgIpc) is 2.72. The van der Waals surface area contributed by atoms with Crippen LogP contribution in [0.1, 0.15) is 23.1 Å². The van der Waals surface area contributed by atoms with Crippen molar-refractivity contribution in [3.8, 4) is 16.9 Å². The second kappa shape index (κ2) is 9.15. The summed E-state index contributed by atoms with van der Waals surface area (Å²) in [6, 6.07) is 19.3. The van der Waals surface area contributed by atoms with Gasteiger partial charge in [-0.05, 0) is 46.9 Å². The molecule has 3 aromatic rings. The molecule has 0 radical (unpaired) electrons. The lowest BCUT2D eigenvalue weighted by Crippen LogP contribution is -2.02. The van der Waals surface area contributed by atoms with Gasteiger partial charge in [-0.3, -0.25) is 4.79 Å². The predicted molar refractivity (Wildman–Crippen MR) is 104 cm³/mol. The van der Waals surface area contributed by atoms with Gasteiger partial charge in [0.2, 0.25) is 0 Å². The summed E-state index contributed by atoms with van der Waals surface area (Å²) in [7, 11) is 0. The third kappa shape index (κ3) is 4.96. The van der Waals surface area contributed by atoms with E-state index in [9.17, 15) is 14.3 Å². The number of aryl methyl sites for hydroxylation is 1. The van der Waals surface area contributed by atoms with Crippen molar-refractivity contribution in [2.75, 3.05) is 0 Å². The van der Waals surface area contributed by atoms with Crippen LogP contribution in [-0.4, -0.2) is 16.2 Å². The minimum atomic E-state index is -0.834. The number of benzene rings is 3. The Morgan fingerprint density at radius 2 is 1.61 bits per heavy atom. The molecule has 0 unspecified atom stereocenters. The molecule has 0 saturated heterocycles. The van der Waals surface area contributed by atoms with Crippen molar-refractivity contribution in [2.45, 2.75) is 26.1 Å². The SMILES string of the molecule is O=C(O)CCc1ccc(OCc2c(F)cccc2-c2ccc(CO)cc2)cc1. The summed E-state index contributed by atoms with van der Waals surface area (Å²) in [5.41, 5.74) is 3.74. The van der Waals surface area contributed by atoms with Crippen molar-refractivity contribution in [3.05, 3.63) is 89.2 Å². The number of ether oxygens (including phenoxy) is 1. The van der Waals surface area contributed by atoms with E-state index >= 15 is 0 Å². The topological polar surface area (TPSA) is 66.8 Å². The van der Waals surface area contributed by atoms with Gasteiger partial charge in [0, 0.05) is 12.0 Å². The number of carbonyl (C=O) groups is 1. The van der Waals surface area contributed by atoms with Crippen molar-refractivity contribution in [3.63, 3.8) is 0 Å². The van der Waals surface area contributed by atoms with Crippen LogP contribution >= 0.6 is 0 Å². The summed E-state index contributed by atoms with van der Waals surface area (Å²) < 4.78 is 20.2. The quantitative estimate of drug-likeness (QED) is 0.600. The third-order valence-electron chi connectivity index (χ3n) is 4.50. The molecule has 0 saturated carbocycles. The highest BCUT2D eigenvalue weighted by Gasteiger charge is 2.11. The van der Waals surface area contributed by atoms with Crippen molar-refractivity contribution in [2.24, 2.45) is 0 Å². The molecule has 3 rings (SSSR count). The molecule has 0 aliphatic rings. The van der Waals surface area contributed by atoms with Crippen LogP contribution < -0.4 is 4.74 Å². The lowest BCUT2D eigenvalue weighted by Gasteiger charge is -2.13. The molecule has 5 heteroatoms. The van der Waals surface area contributed by atoms with Crippen molar-refractivity contribution < 1.29 is 24.1 Å². The largest absolute Gasteiger partial charge is 0.489 e. The summed E-state index contributed by atoms with van der Waals surface area (Å²) >= 11 is 0. The zero-order valence-corrected chi connectivity index (χ0v) is 15.3. The number of carboxylic acids is 1. The fourth-order valence-corrected chi connectivity index (χ4v) is 2.92. The number of hydrogen-bond acceptors (Lipinski definition) is 3. The number of halogens is 1. The first-order valence-electron chi connectivity index (χ1n) is 8.98. The third-order valence-corrected chi connectivity index (χ3v) is 4.50. The van der Waals surface area contributed by atoms with E-state index in [2.05, 4.69) is 0 Å². The van der Waals surface area contributed by atoms with Gasteiger partial charge in [0.05, 0.1) is 6.61 Å². The molecule has 28 heavy (non-hydrogen) atoms. The van der Waals surface area contributed by atoms with E-state index in [0.717, 1.165) is 22.3 Å². The Kier molecular flexibility index (Phi) is 6.40. The first-order valence-corrected chi connectivity index (χ1v) is 8.98. The number of hydrogen-bond donors (Lipinski definition) is 2. The maximum absolute atomic E-state index is 14.4. The Morgan fingerprint density at radius 3 is 2.25 bits per heavy atom. The van der Waals surface area contributed by atoms with Crippen LogP contribution in [0.4, 0.5) is 4.39 Å². The molecular formula is C23H21FO4. The summed E-state index contributed by atoms with van der Waals surface area (Å²) in [5.74, 6) is -0.592. The van der Waals surface area contributed by atoms with Crippen LogP contribution in [0.3, 0.4) is 0 Å². The molecule has 0 heterocycles. The predicted octanol–water partition coefficient (Wildman–Crippen LogP) is 4.58. The summed E-state index contributed by atoms with van der Waals surface area (Å²) in [6.07, 6.45) is 0.533. The van der Waals surface area contributed by atoms with E-state index in [1.165, 1.54) is 6.07 Å². The Balaban J connectivity index is 1.74. The van der Waals surface area contributed by atoms with Crippen LogP contribution in [-0.2, 0) is 24.4 Å². The van der Waals surface area contributed by atoms with Gasteiger partial charge in [0.15, 0.2) is 0 Å². The van der Waals surface area contributed by atoms with Gasteiger partial charge < -0.3 is 14.9 Å². The number of rotatable bonds is 8. The maximum Gasteiger partial charge on any atom is 0.303 e.